The van der Waals surface area contributed by atoms with Crippen LogP contribution in [-0.2, 0) is 33.5 Å². The maximum absolute atomic E-state index is 14.2. The number of aromatic nitrogens is 1. The van der Waals surface area contributed by atoms with E-state index < -0.39 is 64.3 Å². The minimum Gasteiger partial charge on any atom is -0.479 e. The Bertz CT molecular complexity index is 1130. The zero-order valence-corrected chi connectivity index (χ0v) is 18.8. The lowest BCUT2D eigenvalue weighted by atomic mass is 10.0. The standard InChI is InChI=1S/C17H16FN5O9S2/c1-5(24)31-2-6-4-33-15-10(14(28)23(15)11(6)16(29)30)20-13(27)9(22-32-3-7(25)26)8-12(18)34-17(19)21-8/h10,15H,2-4H2,1H3,(H2,19,21)(H,20,27)(H,25,26)(H,29,30)/t10-,15-/m1/s1. The summed E-state index contributed by atoms with van der Waals surface area (Å²) in [6.07, 6.45) is 0. The second kappa shape index (κ2) is 10.0. The molecule has 0 bridgehead atoms. The number of aliphatic carboxylic acids is 2. The van der Waals surface area contributed by atoms with Crippen molar-refractivity contribution in [3.05, 3.63) is 22.1 Å². The highest BCUT2D eigenvalue weighted by Crippen LogP contribution is 2.40. The molecule has 3 heterocycles. The van der Waals surface area contributed by atoms with E-state index in [0.717, 1.165) is 23.6 Å². The summed E-state index contributed by atoms with van der Waals surface area (Å²) in [7, 11) is 0. The number of nitrogens with zero attached hydrogens (tertiary/aromatic N) is 3. The molecule has 1 fully saturated rings. The third-order valence-corrected chi connectivity index (χ3v) is 6.38. The van der Waals surface area contributed by atoms with Gasteiger partial charge in [0.05, 0.1) is 0 Å². The molecule has 2 aliphatic rings. The van der Waals surface area contributed by atoms with Crippen LogP contribution >= 0.6 is 23.1 Å². The van der Waals surface area contributed by atoms with E-state index in [0.29, 0.717) is 11.3 Å². The lowest BCUT2D eigenvalue weighted by Crippen LogP contribution is -2.71. The fourth-order valence-corrected chi connectivity index (χ4v) is 4.89. The van der Waals surface area contributed by atoms with Gasteiger partial charge < -0.3 is 30.8 Å². The highest BCUT2D eigenvalue weighted by Gasteiger charge is 2.54. The Morgan fingerprint density at radius 2 is 2.06 bits per heavy atom. The van der Waals surface area contributed by atoms with Crippen LogP contribution in [0.5, 0.6) is 0 Å². The predicted molar refractivity (Wildman–Crippen MR) is 113 cm³/mol. The number of thiazole rings is 1. The average Bonchev–Trinajstić information content (AvgIpc) is 3.09. The number of hydrogen-bond donors (Lipinski definition) is 4. The van der Waals surface area contributed by atoms with E-state index in [1.54, 1.807) is 0 Å². The molecule has 3 rings (SSSR count). The Morgan fingerprint density at radius 3 is 2.62 bits per heavy atom. The summed E-state index contributed by atoms with van der Waals surface area (Å²) in [5, 5.41) is 21.8. The second-order valence-corrected chi connectivity index (χ2v) is 8.77. The van der Waals surface area contributed by atoms with Gasteiger partial charge >= 0.3 is 17.9 Å². The number of esters is 1. The van der Waals surface area contributed by atoms with Crippen molar-refractivity contribution in [3.63, 3.8) is 0 Å². The van der Waals surface area contributed by atoms with Gasteiger partial charge in [-0.1, -0.05) is 16.5 Å². The topological polar surface area (TPSA) is 211 Å². The first-order valence-corrected chi connectivity index (χ1v) is 11.1. The maximum Gasteiger partial charge on any atom is 0.352 e. The van der Waals surface area contributed by atoms with E-state index >= 15 is 0 Å². The summed E-state index contributed by atoms with van der Waals surface area (Å²) in [5.41, 5.74) is 3.90. The van der Waals surface area contributed by atoms with Crippen molar-refractivity contribution in [2.24, 2.45) is 5.16 Å². The molecule has 2 atom stereocenters. The molecule has 0 radical (unpaired) electrons. The van der Waals surface area contributed by atoms with Crippen molar-refractivity contribution >= 4 is 63.7 Å². The number of amides is 2. The molecule has 14 nitrogen and oxygen atoms in total. The Kier molecular flexibility index (Phi) is 7.35. The van der Waals surface area contributed by atoms with Crippen LogP contribution < -0.4 is 11.1 Å². The Hall–Kier alpha value is -3.73. The number of hydrogen-bond acceptors (Lipinski definition) is 12. The Labute approximate surface area is 197 Å². The highest BCUT2D eigenvalue weighted by molar-refractivity contribution is 8.00. The van der Waals surface area contributed by atoms with Crippen molar-refractivity contribution in [3.8, 4) is 0 Å². The van der Waals surface area contributed by atoms with E-state index in [9.17, 15) is 33.5 Å². The smallest absolute Gasteiger partial charge is 0.352 e. The lowest BCUT2D eigenvalue weighted by Gasteiger charge is -2.49. The lowest BCUT2D eigenvalue weighted by molar-refractivity contribution is -0.150. The number of carboxylic acids is 2. The summed E-state index contributed by atoms with van der Waals surface area (Å²) in [6.45, 7) is -0.109. The van der Waals surface area contributed by atoms with Crippen LogP contribution in [0.15, 0.2) is 16.4 Å². The van der Waals surface area contributed by atoms with Crippen LogP contribution in [0.4, 0.5) is 9.52 Å². The van der Waals surface area contributed by atoms with Gasteiger partial charge in [-0.3, -0.25) is 19.3 Å². The molecule has 1 saturated heterocycles. The molecule has 1 aromatic heterocycles. The molecule has 0 unspecified atom stereocenters. The van der Waals surface area contributed by atoms with E-state index in [1.165, 1.54) is 0 Å². The van der Waals surface area contributed by atoms with Gasteiger partial charge in [0.15, 0.2) is 10.8 Å². The zero-order chi connectivity index (χ0) is 25.2. The SMILES string of the molecule is CC(=O)OCC1=C(C(=O)O)N2C(=O)[C@@H](NC(=O)C(=NOCC(=O)O)c3nc(N)sc3F)[C@H]2SC1. The minimum absolute atomic E-state index is 0.0929. The van der Waals surface area contributed by atoms with Crippen LogP contribution in [0.3, 0.4) is 0 Å². The molecule has 34 heavy (non-hydrogen) atoms. The van der Waals surface area contributed by atoms with Crippen LogP contribution in [-0.4, -0.2) is 85.9 Å². The number of β-lactam (4-membered cyclic amide) rings is 1. The quantitative estimate of drug-likeness (QED) is 0.134. The van der Waals surface area contributed by atoms with Crippen LogP contribution in [0.1, 0.15) is 12.6 Å². The van der Waals surface area contributed by atoms with Crippen molar-refractivity contribution < 1.29 is 48.2 Å². The molecular weight excluding hydrogens is 501 g/mol. The monoisotopic (exact) mass is 517 g/mol. The molecule has 182 valence electrons. The van der Waals surface area contributed by atoms with E-state index in [4.69, 9.17) is 15.6 Å². The number of thioether (sulfide) groups is 1. The van der Waals surface area contributed by atoms with Crippen molar-refractivity contribution in [2.75, 3.05) is 24.7 Å². The number of carboxylic acid groups (broad SMARTS) is 2. The molecule has 0 spiro atoms. The number of carbonyl (C=O) groups excluding carboxylic acids is 3. The van der Waals surface area contributed by atoms with Crippen LogP contribution in [0.25, 0.3) is 0 Å². The maximum atomic E-state index is 14.2. The van der Waals surface area contributed by atoms with E-state index in [1.807, 2.05) is 0 Å². The zero-order valence-electron chi connectivity index (χ0n) is 17.1. The average molecular weight is 517 g/mol. The van der Waals surface area contributed by atoms with Crippen LogP contribution in [0.2, 0.25) is 0 Å². The summed E-state index contributed by atoms with van der Waals surface area (Å²) in [4.78, 5) is 68.1. The predicted octanol–water partition coefficient (Wildman–Crippen LogP) is -1.03. The van der Waals surface area contributed by atoms with Gasteiger partial charge in [-0.05, 0) is 0 Å². The number of fused-ring (bicyclic) bond motifs is 1. The molecule has 0 aromatic carbocycles. The largest absolute Gasteiger partial charge is 0.479 e. The van der Waals surface area contributed by atoms with Gasteiger partial charge in [0.2, 0.25) is 11.7 Å². The van der Waals surface area contributed by atoms with E-state index in [2.05, 4.69) is 20.3 Å². The summed E-state index contributed by atoms with van der Waals surface area (Å²) >= 11 is 1.51. The number of rotatable bonds is 9. The number of nitrogens with two attached hydrogens (primary N) is 1. The molecular formula is C17H16FN5O9S2. The fraction of sp³-hybridized carbons (Fsp3) is 0.353. The van der Waals surface area contributed by atoms with Crippen molar-refractivity contribution in [1.82, 2.24) is 15.2 Å². The molecule has 0 saturated carbocycles. The molecule has 1 aromatic rings. The number of nitrogen functional groups attached to an aromatic ring is 1. The van der Waals surface area contributed by atoms with Gasteiger partial charge in [0, 0.05) is 18.2 Å². The number of anilines is 1. The summed E-state index contributed by atoms with van der Waals surface area (Å²) < 4.78 is 19.0. The number of nitrogens with one attached hydrogen (secondary N) is 1. The van der Waals surface area contributed by atoms with Gasteiger partial charge in [0.1, 0.15) is 29.4 Å². The second-order valence-electron chi connectivity index (χ2n) is 6.68. The first-order valence-electron chi connectivity index (χ1n) is 9.19. The van der Waals surface area contributed by atoms with Gasteiger partial charge in [-0.25, -0.2) is 14.6 Å². The summed E-state index contributed by atoms with van der Waals surface area (Å²) in [6, 6.07) is -1.22. The Morgan fingerprint density at radius 1 is 1.35 bits per heavy atom. The third kappa shape index (κ3) is 5.09. The first-order chi connectivity index (χ1) is 16.0. The number of carbonyl (C=O) groups is 5. The van der Waals surface area contributed by atoms with Gasteiger partial charge in [-0.2, -0.15) is 4.39 Å². The van der Waals surface area contributed by atoms with E-state index in [-0.39, 0.29) is 28.8 Å². The van der Waals surface area contributed by atoms with Crippen molar-refractivity contribution in [1.29, 1.82) is 0 Å². The molecule has 17 heteroatoms. The summed E-state index contributed by atoms with van der Waals surface area (Å²) in [5.74, 6) is -5.28. The van der Waals surface area contributed by atoms with Crippen molar-refractivity contribution in [2.45, 2.75) is 18.3 Å². The van der Waals surface area contributed by atoms with Gasteiger partial charge in [0.25, 0.3) is 11.8 Å². The Balaban J connectivity index is 1.81. The van der Waals surface area contributed by atoms with Crippen LogP contribution in [0, 0.1) is 5.13 Å². The molecule has 2 amide bonds. The highest BCUT2D eigenvalue weighted by atomic mass is 32.2. The van der Waals surface area contributed by atoms with Gasteiger partial charge in [-0.15, -0.1) is 11.8 Å². The molecule has 5 N–H and O–H groups in total. The fourth-order valence-electron chi connectivity index (χ4n) is 3.00. The normalized spacial score (nSPS) is 19.8. The minimum atomic E-state index is -1.42. The third-order valence-electron chi connectivity index (χ3n) is 4.37. The first kappa shape index (κ1) is 24.9. The molecule has 0 aliphatic carbocycles. The number of oxime groups is 1. The molecule has 2 aliphatic heterocycles. The number of ether oxygens (including phenoxy) is 1. The number of halogens is 1.